The van der Waals surface area contributed by atoms with Gasteiger partial charge in [0.15, 0.2) is 11.5 Å². The van der Waals surface area contributed by atoms with Crippen molar-refractivity contribution in [3.05, 3.63) is 83.1 Å². The summed E-state index contributed by atoms with van der Waals surface area (Å²) < 4.78 is 0. The van der Waals surface area contributed by atoms with E-state index in [2.05, 4.69) is 0 Å². The molecule has 4 heteroatoms. The second-order valence-corrected chi connectivity index (χ2v) is 7.02. The van der Waals surface area contributed by atoms with Crippen molar-refractivity contribution >= 4 is 11.7 Å². The van der Waals surface area contributed by atoms with Gasteiger partial charge < -0.3 is 10.0 Å². The molecule has 0 spiro atoms. The predicted octanol–water partition coefficient (Wildman–Crippen LogP) is 4.20. The van der Waals surface area contributed by atoms with Gasteiger partial charge in [0.2, 0.25) is 0 Å². The van der Waals surface area contributed by atoms with Crippen LogP contribution in [0.25, 0.3) is 0 Å². The van der Waals surface area contributed by atoms with Crippen molar-refractivity contribution in [1.29, 1.82) is 0 Å². The maximum Gasteiger partial charge on any atom is 0.290 e. The van der Waals surface area contributed by atoms with E-state index in [1.54, 1.807) is 4.90 Å². The van der Waals surface area contributed by atoms with Crippen molar-refractivity contribution in [2.24, 2.45) is 5.92 Å². The van der Waals surface area contributed by atoms with Gasteiger partial charge >= 0.3 is 0 Å². The van der Waals surface area contributed by atoms with Crippen LogP contribution >= 0.6 is 0 Å². The summed E-state index contributed by atoms with van der Waals surface area (Å²) in [5.74, 6) is -0.928. The highest BCUT2D eigenvalue weighted by Crippen LogP contribution is 2.39. The minimum atomic E-state index is -0.560. The van der Waals surface area contributed by atoms with E-state index in [1.807, 2.05) is 74.5 Å². The van der Waals surface area contributed by atoms with E-state index in [-0.39, 0.29) is 17.3 Å². The van der Waals surface area contributed by atoms with Crippen molar-refractivity contribution in [2.45, 2.75) is 32.9 Å². The Bertz CT molecular complexity index is 825. The van der Waals surface area contributed by atoms with E-state index >= 15 is 0 Å². The lowest BCUT2D eigenvalue weighted by Crippen LogP contribution is -2.30. The normalized spacial score (nSPS) is 17.3. The first-order valence-electron chi connectivity index (χ1n) is 8.85. The minimum Gasteiger partial charge on any atom is -0.503 e. The molecule has 0 aromatic heterocycles. The molecule has 2 aromatic carbocycles. The number of aliphatic hydroxyl groups excluding tert-OH is 1. The number of carbonyl (C=O) groups excluding carboxylic acids is 2. The molecule has 134 valence electrons. The highest BCUT2D eigenvalue weighted by molar-refractivity contribution is 6.08. The van der Waals surface area contributed by atoms with Crippen molar-refractivity contribution in [3.63, 3.8) is 0 Å². The molecule has 1 N–H and O–H groups in total. The molecule has 1 amide bonds. The van der Waals surface area contributed by atoms with Gasteiger partial charge in [-0.15, -0.1) is 0 Å². The summed E-state index contributed by atoms with van der Waals surface area (Å²) >= 11 is 0. The van der Waals surface area contributed by atoms with E-state index in [0.29, 0.717) is 13.0 Å². The second kappa shape index (κ2) is 7.56. The van der Waals surface area contributed by atoms with Crippen LogP contribution in [-0.2, 0) is 16.1 Å². The number of Topliss-reactive ketones (excluding diaryl/α,β-unsaturated/α-hetero) is 1. The average molecular weight is 349 g/mol. The summed E-state index contributed by atoms with van der Waals surface area (Å²) in [6.07, 6.45) is 0.301. The molecule has 0 fully saturated rings. The number of carbonyl (C=O) groups is 2. The molecule has 2 aromatic rings. The Kier molecular flexibility index (Phi) is 5.21. The maximum atomic E-state index is 12.8. The molecule has 1 aliphatic rings. The topological polar surface area (TPSA) is 57.6 Å². The number of nitrogens with zero attached hydrogens (tertiary/aromatic N) is 1. The second-order valence-electron chi connectivity index (χ2n) is 7.02. The third-order valence-electron chi connectivity index (χ3n) is 4.51. The van der Waals surface area contributed by atoms with Crippen LogP contribution in [0.5, 0.6) is 0 Å². The fraction of sp³-hybridized carbons (Fsp3) is 0.273. The maximum absolute atomic E-state index is 12.8. The Balaban J connectivity index is 2.02. The number of hydrogen-bond donors (Lipinski definition) is 1. The number of benzene rings is 2. The monoisotopic (exact) mass is 349 g/mol. The standard InChI is InChI=1S/C22H23NO3/c1-15(2)13-18(24)19-20(17-11-7-4-8-12-17)23(22(26)21(19)25)14-16-9-5-3-6-10-16/h3-12,15,20,25H,13-14H2,1-2H3/t20-/m1/s1. The van der Waals surface area contributed by atoms with Crippen LogP contribution in [-0.4, -0.2) is 21.7 Å². The molecule has 0 bridgehead atoms. The lowest BCUT2D eigenvalue weighted by Gasteiger charge is -2.27. The van der Waals surface area contributed by atoms with E-state index in [9.17, 15) is 14.7 Å². The highest BCUT2D eigenvalue weighted by atomic mass is 16.3. The lowest BCUT2D eigenvalue weighted by atomic mass is 9.92. The first kappa shape index (κ1) is 17.9. The van der Waals surface area contributed by atoms with Crippen LogP contribution in [0.3, 0.4) is 0 Å². The molecule has 1 heterocycles. The smallest absolute Gasteiger partial charge is 0.290 e. The highest BCUT2D eigenvalue weighted by Gasteiger charge is 2.43. The summed E-state index contributed by atoms with van der Waals surface area (Å²) in [4.78, 5) is 27.1. The van der Waals surface area contributed by atoms with Crippen molar-refractivity contribution in [2.75, 3.05) is 0 Å². The van der Waals surface area contributed by atoms with Gasteiger partial charge in [0.05, 0.1) is 11.6 Å². The molecule has 1 atom stereocenters. The van der Waals surface area contributed by atoms with Crippen LogP contribution in [0, 0.1) is 5.92 Å². The Labute approximate surface area is 153 Å². The Morgan fingerprint density at radius 3 is 2.19 bits per heavy atom. The van der Waals surface area contributed by atoms with Crippen molar-refractivity contribution < 1.29 is 14.7 Å². The molecular weight excluding hydrogens is 326 g/mol. The van der Waals surface area contributed by atoms with Gasteiger partial charge in [-0.2, -0.15) is 0 Å². The zero-order valence-corrected chi connectivity index (χ0v) is 15.1. The Hall–Kier alpha value is -2.88. The van der Waals surface area contributed by atoms with Gasteiger partial charge in [0, 0.05) is 13.0 Å². The quantitative estimate of drug-likeness (QED) is 0.850. The van der Waals surface area contributed by atoms with Crippen molar-refractivity contribution in [3.8, 4) is 0 Å². The van der Waals surface area contributed by atoms with E-state index in [4.69, 9.17) is 0 Å². The molecule has 1 aliphatic heterocycles. The van der Waals surface area contributed by atoms with Gasteiger partial charge in [0.25, 0.3) is 5.91 Å². The molecule has 3 rings (SSSR count). The first-order chi connectivity index (χ1) is 12.5. The minimum absolute atomic E-state index is 0.150. The van der Waals surface area contributed by atoms with Crippen LogP contribution in [0.2, 0.25) is 0 Å². The Morgan fingerprint density at radius 2 is 1.62 bits per heavy atom. The summed E-state index contributed by atoms with van der Waals surface area (Å²) in [7, 11) is 0. The third-order valence-corrected chi connectivity index (χ3v) is 4.51. The van der Waals surface area contributed by atoms with Gasteiger partial charge in [0.1, 0.15) is 0 Å². The predicted molar refractivity (Wildman–Crippen MR) is 100 cm³/mol. The summed E-state index contributed by atoms with van der Waals surface area (Å²) in [5.41, 5.74) is 1.99. The van der Waals surface area contributed by atoms with Crippen LogP contribution in [0.1, 0.15) is 37.4 Å². The SMILES string of the molecule is CC(C)CC(=O)C1=C(O)C(=O)N(Cc2ccccc2)[C@@H]1c1ccccc1. The fourth-order valence-corrected chi connectivity index (χ4v) is 3.34. The van der Waals surface area contributed by atoms with E-state index < -0.39 is 17.7 Å². The van der Waals surface area contributed by atoms with Gasteiger partial charge in [-0.3, -0.25) is 9.59 Å². The average Bonchev–Trinajstić information content (AvgIpc) is 2.88. The van der Waals surface area contributed by atoms with Gasteiger partial charge in [-0.25, -0.2) is 0 Å². The molecule has 0 radical (unpaired) electrons. The molecule has 0 saturated carbocycles. The zero-order chi connectivity index (χ0) is 18.7. The van der Waals surface area contributed by atoms with E-state index in [0.717, 1.165) is 11.1 Å². The molecule has 0 unspecified atom stereocenters. The number of aliphatic hydroxyl groups is 1. The van der Waals surface area contributed by atoms with Crippen LogP contribution in [0.15, 0.2) is 72.0 Å². The molecular formula is C22H23NO3. The van der Waals surface area contributed by atoms with Gasteiger partial charge in [-0.1, -0.05) is 74.5 Å². The lowest BCUT2D eigenvalue weighted by molar-refractivity contribution is -0.130. The number of rotatable bonds is 6. The van der Waals surface area contributed by atoms with Crippen LogP contribution in [0.4, 0.5) is 0 Å². The summed E-state index contributed by atoms with van der Waals surface area (Å²) in [5, 5.41) is 10.5. The summed E-state index contributed by atoms with van der Waals surface area (Å²) in [6, 6.07) is 18.4. The third kappa shape index (κ3) is 3.54. The number of hydrogen-bond acceptors (Lipinski definition) is 3. The van der Waals surface area contributed by atoms with Crippen molar-refractivity contribution in [1.82, 2.24) is 4.90 Å². The first-order valence-corrected chi connectivity index (χ1v) is 8.85. The molecule has 0 saturated heterocycles. The Morgan fingerprint density at radius 1 is 1.04 bits per heavy atom. The fourth-order valence-electron chi connectivity index (χ4n) is 3.34. The summed E-state index contributed by atoms with van der Waals surface area (Å²) in [6.45, 7) is 4.23. The van der Waals surface area contributed by atoms with E-state index in [1.165, 1.54) is 0 Å². The molecule has 26 heavy (non-hydrogen) atoms. The molecule has 0 aliphatic carbocycles. The number of ketones is 1. The molecule has 4 nitrogen and oxygen atoms in total. The number of amides is 1. The largest absolute Gasteiger partial charge is 0.503 e. The van der Waals surface area contributed by atoms with Gasteiger partial charge in [-0.05, 0) is 17.0 Å². The zero-order valence-electron chi connectivity index (χ0n) is 15.1. The van der Waals surface area contributed by atoms with Crippen LogP contribution < -0.4 is 0 Å².